The second-order valence-corrected chi connectivity index (χ2v) is 6.06. The molecule has 4 N–H and O–H groups in total. The van der Waals surface area contributed by atoms with E-state index in [1.54, 1.807) is 13.8 Å². The first-order valence-electron chi connectivity index (χ1n) is 7.87. The first-order valence-corrected chi connectivity index (χ1v) is 7.87. The van der Waals surface area contributed by atoms with Crippen LogP contribution in [0.2, 0.25) is 0 Å². The van der Waals surface area contributed by atoms with Crippen LogP contribution in [0.25, 0.3) is 33.2 Å². The van der Waals surface area contributed by atoms with Crippen LogP contribution in [-0.4, -0.2) is 30.1 Å². The van der Waals surface area contributed by atoms with Crippen LogP contribution in [0.4, 0.5) is 0 Å². The SMILES string of the molecule is C[C@H](O)c1nc2ccc(-c3ccc4nc([C@H](C)O)[nH]c4c3)cc2[nH]1. The molecule has 0 aliphatic rings. The lowest BCUT2D eigenvalue weighted by Crippen LogP contribution is -1.92. The summed E-state index contributed by atoms with van der Waals surface area (Å²) >= 11 is 0. The van der Waals surface area contributed by atoms with Crippen molar-refractivity contribution in [3.8, 4) is 11.1 Å². The smallest absolute Gasteiger partial charge is 0.135 e. The van der Waals surface area contributed by atoms with E-state index >= 15 is 0 Å². The maximum absolute atomic E-state index is 9.65. The number of aliphatic hydroxyl groups excluding tert-OH is 2. The molecule has 6 heteroatoms. The van der Waals surface area contributed by atoms with E-state index in [4.69, 9.17) is 0 Å². The van der Waals surface area contributed by atoms with Crippen LogP contribution < -0.4 is 0 Å². The Hall–Kier alpha value is -2.70. The Kier molecular flexibility index (Phi) is 3.37. The zero-order chi connectivity index (χ0) is 16.8. The molecule has 0 aliphatic carbocycles. The molecule has 0 bridgehead atoms. The maximum atomic E-state index is 9.65. The number of imidazole rings is 2. The first-order chi connectivity index (χ1) is 11.5. The van der Waals surface area contributed by atoms with E-state index < -0.39 is 12.2 Å². The Morgan fingerprint density at radius 2 is 1.17 bits per heavy atom. The van der Waals surface area contributed by atoms with Crippen molar-refractivity contribution in [3.05, 3.63) is 48.0 Å². The molecule has 24 heavy (non-hydrogen) atoms. The van der Waals surface area contributed by atoms with Crippen molar-refractivity contribution in [1.82, 2.24) is 19.9 Å². The lowest BCUT2D eigenvalue weighted by molar-refractivity contribution is 0.190. The van der Waals surface area contributed by atoms with E-state index in [9.17, 15) is 10.2 Å². The van der Waals surface area contributed by atoms with Crippen molar-refractivity contribution < 1.29 is 10.2 Å². The Balaban J connectivity index is 1.79. The molecule has 0 fully saturated rings. The fourth-order valence-electron chi connectivity index (χ4n) is 2.81. The second kappa shape index (κ2) is 5.43. The molecular formula is C18H18N4O2. The summed E-state index contributed by atoms with van der Waals surface area (Å²) in [6.07, 6.45) is -1.25. The van der Waals surface area contributed by atoms with Gasteiger partial charge in [0.2, 0.25) is 0 Å². The van der Waals surface area contributed by atoms with Gasteiger partial charge in [-0.1, -0.05) is 12.1 Å². The highest BCUT2D eigenvalue weighted by Crippen LogP contribution is 2.27. The van der Waals surface area contributed by atoms with Gasteiger partial charge in [-0.25, -0.2) is 9.97 Å². The number of aliphatic hydroxyl groups is 2. The van der Waals surface area contributed by atoms with E-state index in [0.717, 1.165) is 33.2 Å². The van der Waals surface area contributed by atoms with E-state index in [1.807, 2.05) is 36.4 Å². The molecule has 0 amide bonds. The summed E-state index contributed by atoms with van der Waals surface area (Å²) in [6, 6.07) is 11.9. The minimum Gasteiger partial charge on any atom is -0.385 e. The van der Waals surface area contributed by atoms with Gasteiger partial charge >= 0.3 is 0 Å². The number of aromatic nitrogens is 4. The molecular weight excluding hydrogens is 304 g/mol. The minimum atomic E-state index is -0.624. The van der Waals surface area contributed by atoms with Gasteiger partial charge in [-0.15, -0.1) is 0 Å². The monoisotopic (exact) mass is 322 g/mol. The molecule has 0 saturated carbocycles. The molecule has 4 rings (SSSR count). The molecule has 0 radical (unpaired) electrons. The second-order valence-electron chi connectivity index (χ2n) is 6.06. The van der Waals surface area contributed by atoms with Crippen molar-refractivity contribution >= 4 is 22.1 Å². The summed E-state index contributed by atoms with van der Waals surface area (Å²) < 4.78 is 0. The molecule has 0 aliphatic heterocycles. The number of hydrogen-bond donors (Lipinski definition) is 4. The quantitative estimate of drug-likeness (QED) is 0.465. The fraction of sp³-hybridized carbons (Fsp3) is 0.222. The van der Waals surface area contributed by atoms with Crippen LogP contribution in [0.1, 0.15) is 37.7 Å². The molecule has 4 aromatic rings. The number of nitrogens with zero attached hydrogens (tertiary/aromatic N) is 2. The lowest BCUT2D eigenvalue weighted by atomic mass is 10.0. The number of hydrogen-bond acceptors (Lipinski definition) is 4. The van der Waals surface area contributed by atoms with E-state index in [1.165, 1.54) is 0 Å². The number of aromatic amines is 2. The van der Waals surface area contributed by atoms with E-state index in [2.05, 4.69) is 19.9 Å². The van der Waals surface area contributed by atoms with E-state index in [-0.39, 0.29) is 0 Å². The third-order valence-electron chi connectivity index (χ3n) is 4.13. The molecule has 2 aromatic heterocycles. The average molecular weight is 322 g/mol. The molecule has 0 spiro atoms. The van der Waals surface area contributed by atoms with Gasteiger partial charge in [0.1, 0.15) is 23.9 Å². The Labute approximate surface area is 138 Å². The standard InChI is InChI=1S/C18H18N4O2/c1-9(23)17-19-13-5-3-11(7-15(13)21-17)12-4-6-14-16(8-12)22-18(20-14)10(2)24/h3-10,23-24H,1-2H3,(H,19,21)(H,20,22)/t9-,10-/m0/s1. The summed E-state index contributed by atoms with van der Waals surface area (Å²) in [6.45, 7) is 3.37. The van der Waals surface area contributed by atoms with Gasteiger partial charge in [0.15, 0.2) is 0 Å². The summed E-state index contributed by atoms with van der Waals surface area (Å²) in [5, 5.41) is 19.3. The lowest BCUT2D eigenvalue weighted by Gasteiger charge is -2.02. The van der Waals surface area contributed by atoms with Crippen molar-refractivity contribution in [3.63, 3.8) is 0 Å². The largest absolute Gasteiger partial charge is 0.385 e. The van der Waals surface area contributed by atoms with Crippen LogP contribution >= 0.6 is 0 Å². The highest BCUT2D eigenvalue weighted by Gasteiger charge is 2.11. The highest BCUT2D eigenvalue weighted by molar-refractivity contribution is 5.86. The Bertz CT molecular complexity index is 946. The molecule has 2 heterocycles. The maximum Gasteiger partial charge on any atom is 0.135 e. The molecule has 2 aromatic carbocycles. The fourth-order valence-corrected chi connectivity index (χ4v) is 2.81. The van der Waals surface area contributed by atoms with Crippen LogP contribution in [0, 0.1) is 0 Å². The zero-order valence-corrected chi connectivity index (χ0v) is 13.4. The van der Waals surface area contributed by atoms with Gasteiger partial charge in [-0.3, -0.25) is 0 Å². The normalized spacial score (nSPS) is 14.3. The highest BCUT2D eigenvalue weighted by atomic mass is 16.3. The average Bonchev–Trinajstić information content (AvgIpc) is 3.17. The number of benzene rings is 2. The third kappa shape index (κ3) is 2.46. The van der Waals surface area contributed by atoms with Gasteiger partial charge in [0.25, 0.3) is 0 Å². The van der Waals surface area contributed by atoms with Crippen molar-refractivity contribution in [1.29, 1.82) is 0 Å². The van der Waals surface area contributed by atoms with Crippen molar-refractivity contribution in [2.75, 3.05) is 0 Å². The molecule has 6 nitrogen and oxygen atoms in total. The summed E-state index contributed by atoms with van der Waals surface area (Å²) in [4.78, 5) is 15.0. The summed E-state index contributed by atoms with van der Waals surface area (Å²) in [5.74, 6) is 1.13. The summed E-state index contributed by atoms with van der Waals surface area (Å²) in [5.41, 5.74) is 5.51. The van der Waals surface area contributed by atoms with Gasteiger partial charge in [0, 0.05) is 0 Å². The first kappa shape index (κ1) is 14.9. The van der Waals surface area contributed by atoms with E-state index in [0.29, 0.717) is 11.6 Å². The van der Waals surface area contributed by atoms with Crippen LogP contribution in [0.3, 0.4) is 0 Å². The molecule has 0 unspecified atom stereocenters. The third-order valence-corrected chi connectivity index (χ3v) is 4.13. The van der Waals surface area contributed by atoms with Crippen LogP contribution in [0.15, 0.2) is 36.4 Å². The van der Waals surface area contributed by atoms with Gasteiger partial charge in [-0.2, -0.15) is 0 Å². The van der Waals surface area contributed by atoms with Gasteiger partial charge in [-0.05, 0) is 49.2 Å². The van der Waals surface area contributed by atoms with Gasteiger partial charge in [0.05, 0.1) is 22.1 Å². The Morgan fingerprint density at radius 1 is 0.750 bits per heavy atom. The number of rotatable bonds is 3. The van der Waals surface area contributed by atoms with Crippen LogP contribution in [0.5, 0.6) is 0 Å². The minimum absolute atomic E-state index is 0.563. The predicted octanol–water partition coefficient (Wildman–Crippen LogP) is 3.21. The van der Waals surface area contributed by atoms with Gasteiger partial charge < -0.3 is 20.2 Å². The number of fused-ring (bicyclic) bond motifs is 2. The zero-order valence-electron chi connectivity index (χ0n) is 13.4. The van der Waals surface area contributed by atoms with Crippen molar-refractivity contribution in [2.45, 2.75) is 26.1 Å². The predicted molar refractivity (Wildman–Crippen MR) is 92.4 cm³/mol. The molecule has 2 atom stereocenters. The summed E-state index contributed by atoms with van der Waals surface area (Å²) in [7, 11) is 0. The molecule has 0 saturated heterocycles. The molecule has 122 valence electrons. The number of H-pyrrole nitrogens is 2. The topological polar surface area (TPSA) is 97.8 Å². The Morgan fingerprint density at radius 3 is 1.54 bits per heavy atom. The van der Waals surface area contributed by atoms with Crippen molar-refractivity contribution in [2.24, 2.45) is 0 Å². The van der Waals surface area contributed by atoms with Crippen LogP contribution in [-0.2, 0) is 0 Å². The number of nitrogens with one attached hydrogen (secondary N) is 2.